The van der Waals surface area contributed by atoms with Crippen molar-refractivity contribution in [2.45, 2.75) is 32.7 Å². The molecule has 5 heteroatoms. The van der Waals surface area contributed by atoms with Crippen molar-refractivity contribution in [1.29, 1.82) is 0 Å². The van der Waals surface area contributed by atoms with Crippen molar-refractivity contribution in [2.24, 2.45) is 0 Å². The monoisotopic (exact) mass is 283 g/mol. The van der Waals surface area contributed by atoms with Gasteiger partial charge in [0, 0.05) is 37.3 Å². The molecule has 0 amide bonds. The van der Waals surface area contributed by atoms with Crippen LogP contribution in [0.25, 0.3) is 0 Å². The van der Waals surface area contributed by atoms with Gasteiger partial charge in [0.1, 0.15) is 17.5 Å². The Labute approximate surface area is 125 Å². The van der Waals surface area contributed by atoms with E-state index in [2.05, 4.69) is 39.0 Å². The summed E-state index contributed by atoms with van der Waals surface area (Å²) in [6, 6.07) is 8.44. The van der Waals surface area contributed by atoms with E-state index in [1.165, 1.54) is 0 Å². The van der Waals surface area contributed by atoms with Crippen LogP contribution in [0.3, 0.4) is 0 Å². The molecule has 1 aliphatic rings. The first-order valence-corrected chi connectivity index (χ1v) is 7.39. The summed E-state index contributed by atoms with van der Waals surface area (Å²) in [5.41, 5.74) is 1.12. The first-order chi connectivity index (χ1) is 10.1. The lowest BCUT2D eigenvalue weighted by molar-refractivity contribution is 0.108. The fourth-order valence-corrected chi connectivity index (χ4v) is 2.55. The highest BCUT2D eigenvalue weighted by atomic mass is 15.2. The van der Waals surface area contributed by atoms with Crippen molar-refractivity contribution in [3.05, 3.63) is 42.0 Å². The number of aromatic nitrogens is 3. The molecule has 0 bridgehead atoms. The highest BCUT2D eigenvalue weighted by Crippen LogP contribution is 2.28. The largest absolute Gasteiger partial charge is 0.325 e. The fraction of sp³-hybridized carbons (Fsp3) is 0.438. The SMILES string of the molecule is Cc1nc(Nc2ccccn2)cc(C2CN(C(C)C)C2)n1. The van der Waals surface area contributed by atoms with Gasteiger partial charge in [0.25, 0.3) is 0 Å². The number of anilines is 2. The highest BCUT2D eigenvalue weighted by molar-refractivity contribution is 5.51. The molecule has 1 N–H and O–H groups in total. The van der Waals surface area contributed by atoms with Gasteiger partial charge in [-0.25, -0.2) is 15.0 Å². The van der Waals surface area contributed by atoms with Crippen LogP contribution in [-0.4, -0.2) is 39.0 Å². The van der Waals surface area contributed by atoms with Crippen LogP contribution in [0.15, 0.2) is 30.5 Å². The zero-order chi connectivity index (χ0) is 14.8. The Morgan fingerprint density at radius 2 is 2.00 bits per heavy atom. The van der Waals surface area contributed by atoms with E-state index in [-0.39, 0.29) is 0 Å². The summed E-state index contributed by atoms with van der Waals surface area (Å²) in [7, 11) is 0. The number of hydrogen-bond donors (Lipinski definition) is 1. The van der Waals surface area contributed by atoms with Gasteiger partial charge >= 0.3 is 0 Å². The Morgan fingerprint density at radius 3 is 2.67 bits per heavy atom. The number of rotatable bonds is 4. The van der Waals surface area contributed by atoms with Gasteiger partial charge in [0.2, 0.25) is 0 Å². The number of nitrogens with one attached hydrogen (secondary N) is 1. The van der Waals surface area contributed by atoms with Gasteiger partial charge in [-0.1, -0.05) is 6.07 Å². The number of aryl methyl sites for hydroxylation is 1. The van der Waals surface area contributed by atoms with Crippen LogP contribution in [0.2, 0.25) is 0 Å². The molecule has 1 fully saturated rings. The molecule has 2 aromatic heterocycles. The lowest BCUT2D eigenvalue weighted by Gasteiger charge is -2.41. The topological polar surface area (TPSA) is 53.9 Å². The van der Waals surface area contributed by atoms with Crippen molar-refractivity contribution in [2.75, 3.05) is 18.4 Å². The molecule has 0 aromatic carbocycles. The Bertz CT molecular complexity index is 605. The summed E-state index contributed by atoms with van der Waals surface area (Å²) in [6.45, 7) is 8.56. The molecule has 0 spiro atoms. The molecule has 0 atom stereocenters. The van der Waals surface area contributed by atoms with Crippen molar-refractivity contribution >= 4 is 11.6 Å². The average Bonchev–Trinajstić information content (AvgIpc) is 2.37. The van der Waals surface area contributed by atoms with E-state index in [0.29, 0.717) is 12.0 Å². The molecule has 0 aliphatic carbocycles. The second-order valence-electron chi connectivity index (χ2n) is 5.81. The van der Waals surface area contributed by atoms with Crippen LogP contribution in [0, 0.1) is 6.92 Å². The maximum Gasteiger partial charge on any atom is 0.135 e. The van der Waals surface area contributed by atoms with E-state index in [1.807, 2.05) is 31.2 Å². The Morgan fingerprint density at radius 1 is 1.19 bits per heavy atom. The average molecular weight is 283 g/mol. The molecule has 2 aromatic rings. The summed E-state index contributed by atoms with van der Waals surface area (Å²) in [5, 5.41) is 3.25. The van der Waals surface area contributed by atoms with Gasteiger partial charge in [-0.05, 0) is 32.9 Å². The van der Waals surface area contributed by atoms with Crippen molar-refractivity contribution in [3.63, 3.8) is 0 Å². The van der Waals surface area contributed by atoms with E-state index in [4.69, 9.17) is 0 Å². The van der Waals surface area contributed by atoms with Crippen LogP contribution in [0.1, 0.15) is 31.3 Å². The van der Waals surface area contributed by atoms with Gasteiger partial charge in [0.15, 0.2) is 0 Å². The second-order valence-corrected chi connectivity index (χ2v) is 5.81. The third-order valence-corrected chi connectivity index (χ3v) is 3.84. The molecule has 3 heterocycles. The van der Waals surface area contributed by atoms with Crippen LogP contribution in [-0.2, 0) is 0 Å². The Hall–Kier alpha value is -2.01. The molecule has 0 unspecified atom stereocenters. The zero-order valence-electron chi connectivity index (χ0n) is 12.7. The van der Waals surface area contributed by atoms with Crippen LogP contribution in [0.5, 0.6) is 0 Å². The molecular formula is C16H21N5. The second kappa shape index (κ2) is 5.77. The first-order valence-electron chi connectivity index (χ1n) is 7.39. The van der Waals surface area contributed by atoms with Gasteiger partial charge in [-0.15, -0.1) is 0 Å². The van der Waals surface area contributed by atoms with Gasteiger partial charge in [-0.3, -0.25) is 4.90 Å². The number of hydrogen-bond acceptors (Lipinski definition) is 5. The van der Waals surface area contributed by atoms with Crippen LogP contribution in [0.4, 0.5) is 11.6 Å². The predicted octanol–water partition coefficient (Wildman–Crippen LogP) is 2.73. The minimum atomic E-state index is 0.512. The quantitative estimate of drug-likeness (QED) is 0.935. The third-order valence-electron chi connectivity index (χ3n) is 3.84. The molecule has 5 nitrogen and oxygen atoms in total. The van der Waals surface area contributed by atoms with Crippen molar-refractivity contribution < 1.29 is 0 Å². The number of likely N-dealkylation sites (tertiary alicyclic amines) is 1. The van der Waals surface area contributed by atoms with E-state index < -0.39 is 0 Å². The van der Waals surface area contributed by atoms with Gasteiger partial charge < -0.3 is 5.32 Å². The Balaban J connectivity index is 1.75. The first kappa shape index (κ1) is 13.9. The summed E-state index contributed by atoms with van der Waals surface area (Å²) >= 11 is 0. The van der Waals surface area contributed by atoms with Gasteiger partial charge in [0.05, 0.1) is 5.69 Å². The van der Waals surface area contributed by atoms with E-state index in [1.54, 1.807) is 6.20 Å². The van der Waals surface area contributed by atoms with Crippen LogP contribution < -0.4 is 5.32 Å². The minimum absolute atomic E-state index is 0.512. The van der Waals surface area contributed by atoms with Crippen LogP contribution >= 0.6 is 0 Å². The predicted molar refractivity (Wildman–Crippen MR) is 83.7 cm³/mol. The number of pyridine rings is 1. The third kappa shape index (κ3) is 3.19. The molecule has 0 saturated carbocycles. The molecule has 1 saturated heterocycles. The maximum atomic E-state index is 4.59. The summed E-state index contributed by atoms with van der Waals surface area (Å²) in [6.07, 6.45) is 1.77. The van der Waals surface area contributed by atoms with Crippen molar-refractivity contribution in [3.8, 4) is 0 Å². The molecular weight excluding hydrogens is 262 g/mol. The standard InChI is InChI=1S/C16H21N5/c1-11(2)21-9-13(10-21)14-8-16(19-12(3)18-14)20-15-6-4-5-7-17-15/h4-8,11,13H,9-10H2,1-3H3,(H,17,18,19,20). The van der Waals surface area contributed by atoms with Gasteiger partial charge in [-0.2, -0.15) is 0 Å². The molecule has 21 heavy (non-hydrogen) atoms. The van der Waals surface area contributed by atoms with E-state index in [0.717, 1.165) is 36.2 Å². The molecule has 0 radical (unpaired) electrons. The lowest BCUT2D eigenvalue weighted by atomic mass is 9.94. The minimum Gasteiger partial charge on any atom is -0.325 e. The smallest absolute Gasteiger partial charge is 0.135 e. The fourth-order valence-electron chi connectivity index (χ4n) is 2.55. The number of nitrogens with zero attached hydrogens (tertiary/aromatic N) is 4. The highest BCUT2D eigenvalue weighted by Gasteiger charge is 2.31. The maximum absolute atomic E-state index is 4.59. The molecule has 3 rings (SSSR count). The zero-order valence-corrected chi connectivity index (χ0v) is 12.7. The lowest BCUT2D eigenvalue weighted by Crippen LogP contribution is -2.48. The Kier molecular flexibility index (Phi) is 3.84. The summed E-state index contributed by atoms with van der Waals surface area (Å²) in [4.78, 5) is 15.8. The molecule has 1 aliphatic heterocycles. The molecule has 110 valence electrons. The summed E-state index contributed by atoms with van der Waals surface area (Å²) in [5.74, 6) is 2.94. The normalized spacial score (nSPS) is 16.0. The summed E-state index contributed by atoms with van der Waals surface area (Å²) < 4.78 is 0. The van der Waals surface area contributed by atoms with E-state index in [9.17, 15) is 0 Å². The van der Waals surface area contributed by atoms with E-state index >= 15 is 0 Å². The van der Waals surface area contributed by atoms with Crippen molar-refractivity contribution in [1.82, 2.24) is 19.9 Å².